The fourth-order valence-electron chi connectivity index (χ4n) is 9.18. The summed E-state index contributed by atoms with van der Waals surface area (Å²) >= 11 is 0. The molecule has 0 aromatic heterocycles. The summed E-state index contributed by atoms with van der Waals surface area (Å²) in [5, 5.41) is 56.7. The van der Waals surface area contributed by atoms with E-state index in [0.29, 0.717) is 19.3 Å². The van der Waals surface area contributed by atoms with Crippen LogP contribution in [0.25, 0.3) is 0 Å². The Morgan fingerprint density at radius 2 is 0.957 bits per heavy atom. The van der Waals surface area contributed by atoms with Gasteiger partial charge in [-0.15, -0.1) is 0 Å². The molecule has 11 heteroatoms. The molecule has 8 atom stereocenters. The van der Waals surface area contributed by atoms with Gasteiger partial charge in [-0.3, -0.25) is 9.59 Å². The molecule has 1 fully saturated rings. The van der Waals surface area contributed by atoms with Crippen molar-refractivity contribution in [2.45, 2.75) is 320 Å². The lowest BCUT2D eigenvalue weighted by Gasteiger charge is -2.41. The van der Waals surface area contributed by atoms with Gasteiger partial charge in [0.05, 0.1) is 25.4 Å². The lowest BCUT2D eigenvalue weighted by atomic mass is 9.99. The smallest absolute Gasteiger partial charge is 0.306 e. The number of allylic oxidation sites excluding steroid dienone is 3. The lowest BCUT2D eigenvalue weighted by Crippen LogP contribution is -2.61. The second kappa shape index (κ2) is 47.2. The van der Waals surface area contributed by atoms with Gasteiger partial charge in [0, 0.05) is 6.42 Å². The monoisotopic (exact) mass is 980 g/mol. The minimum atomic E-state index is -1.61. The van der Waals surface area contributed by atoms with Gasteiger partial charge in [0.25, 0.3) is 0 Å². The van der Waals surface area contributed by atoms with E-state index in [4.69, 9.17) is 14.2 Å². The van der Waals surface area contributed by atoms with Gasteiger partial charge in [-0.25, -0.2) is 0 Å². The van der Waals surface area contributed by atoms with Crippen molar-refractivity contribution >= 4 is 11.9 Å². The third-order valence-corrected chi connectivity index (χ3v) is 13.9. The Labute approximate surface area is 422 Å². The molecule has 0 radical (unpaired) electrons. The van der Waals surface area contributed by atoms with Gasteiger partial charge in [-0.1, -0.05) is 238 Å². The van der Waals surface area contributed by atoms with E-state index in [1.807, 2.05) is 6.08 Å². The van der Waals surface area contributed by atoms with Crippen LogP contribution in [0.2, 0.25) is 0 Å². The van der Waals surface area contributed by atoms with E-state index in [1.165, 1.54) is 167 Å². The predicted molar refractivity (Wildman–Crippen MR) is 283 cm³/mol. The van der Waals surface area contributed by atoms with Crippen LogP contribution >= 0.6 is 0 Å². The van der Waals surface area contributed by atoms with E-state index in [1.54, 1.807) is 6.08 Å². The molecule has 6 N–H and O–H groups in total. The van der Waals surface area contributed by atoms with Gasteiger partial charge < -0.3 is 45.1 Å². The molecule has 0 aliphatic carbocycles. The van der Waals surface area contributed by atoms with Gasteiger partial charge in [-0.05, 0) is 51.4 Å². The molecule has 1 aliphatic rings. The molecule has 1 heterocycles. The number of aliphatic hydroxyl groups excluding tert-OH is 5. The highest BCUT2D eigenvalue weighted by Crippen LogP contribution is 2.26. The first-order valence-electron chi connectivity index (χ1n) is 29.1. The molecule has 1 rings (SSSR count). The number of esters is 1. The van der Waals surface area contributed by atoms with Crippen LogP contribution in [0.15, 0.2) is 24.3 Å². The SMILES string of the molecule is CCCCCCCC/C=C/CCCCCCCCCCCC(=O)OC1C(OCC(NC(=O)C(O)CCCCCCCCCCCC)C(O)/C=C/CCCCCCCCCCC)OC(CO)C(O)C1O. The molecule has 1 saturated heterocycles. The number of aliphatic hydroxyl groups is 5. The number of carbonyl (C=O) groups excluding carboxylic acids is 2. The molecule has 0 aromatic rings. The number of carbonyl (C=O) groups is 2. The molecule has 0 spiro atoms. The number of nitrogens with one attached hydrogen (secondary N) is 1. The summed E-state index contributed by atoms with van der Waals surface area (Å²) in [6, 6.07) is -1.02. The molecule has 0 bridgehead atoms. The molecule has 1 amide bonds. The molecule has 0 aromatic carbocycles. The first kappa shape index (κ1) is 65.2. The van der Waals surface area contributed by atoms with Crippen LogP contribution in [0.5, 0.6) is 0 Å². The van der Waals surface area contributed by atoms with Crippen molar-refractivity contribution < 1.29 is 49.3 Å². The van der Waals surface area contributed by atoms with Crippen LogP contribution in [0.4, 0.5) is 0 Å². The molecule has 8 unspecified atom stereocenters. The van der Waals surface area contributed by atoms with Gasteiger partial charge in [-0.2, -0.15) is 0 Å². The third kappa shape index (κ3) is 35.8. The van der Waals surface area contributed by atoms with Crippen molar-refractivity contribution in [1.82, 2.24) is 5.32 Å². The Kier molecular flexibility index (Phi) is 44.5. The second-order valence-electron chi connectivity index (χ2n) is 20.4. The first-order valence-corrected chi connectivity index (χ1v) is 29.1. The highest BCUT2D eigenvalue weighted by Gasteiger charge is 2.47. The Balaban J connectivity index is 2.66. The van der Waals surface area contributed by atoms with Crippen LogP contribution in [0, 0.1) is 0 Å². The largest absolute Gasteiger partial charge is 0.454 e. The van der Waals surface area contributed by atoms with Crippen molar-refractivity contribution in [2.75, 3.05) is 13.2 Å². The van der Waals surface area contributed by atoms with Gasteiger partial charge in [0.2, 0.25) is 5.91 Å². The van der Waals surface area contributed by atoms with E-state index in [9.17, 15) is 35.1 Å². The lowest BCUT2D eigenvalue weighted by molar-refractivity contribution is -0.305. The fraction of sp³-hybridized carbons (Fsp3) is 0.897. The number of hydrogen-bond donors (Lipinski definition) is 6. The molecular weight excluding hydrogens is 871 g/mol. The fourth-order valence-corrected chi connectivity index (χ4v) is 9.18. The van der Waals surface area contributed by atoms with E-state index in [0.717, 1.165) is 57.8 Å². The van der Waals surface area contributed by atoms with Crippen molar-refractivity contribution in [3.63, 3.8) is 0 Å². The average molecular weight is 981 g/mol. The zero-order valence-electron chi connectivity index (χ0n) is 44.7. The van der Waals surface area contributed by atoms with E-state index in [2.05, 4.69) is 38.2 Å². The van der Waals surface area contributed by atoms with Crippen molar-refractivity contribution in [1.29, 1.82) is 0 Å². The van der Waals surface area contributed by atoms with Gasteiger partial charge in [0.15, 0.2) is 12.4 Å². The highest BCUT2D eigenvalue weighted by molar-refractivity contribution is 5.80. The maximum Gasteiger partial charge on any atom is 0.306 e. The minimum absolute atomic E-state index is 0.125. The standard InChI is InChI=1S/C58H109NO10/c1-4-7-10-13-16-19-22-23-24-25-26-27-28-29-31-34-37-40-43-46-53(63)69-56-55(65)54(64)52(47-60)68-58(56)67-48-49(50(61)44-41-38-35-33-30-20-17-14-11-8-5-2)59-57(66)51(62)45-42-39-36-32-21-18-15-12-9-6-3/h23-24,41,44,49-52,54-56,58,60-62,64-65H,4-22,25-40,42-43,45-48H2,1-3H3,(H,59,66)/b24-23+,44-41+. The summed E-state index contributed by atoms with van der Waals surface area (Å²) in [7, 11) is 0. The first-order chi connectivity index (χ1) is 33.7. The third-order valence-electron chi connectivity index (χ3n) is 13.9. The maximum atomic E-state index is 13.3. The topological polar surface area (TPSA) is 175 Å². The minimum Gasteiger partial charge on any atom is -0.454 e. The highest BCUT2D eigenvalue weighted by atomic mass is 16.7. The normalized spacial score (nSPS) is 19.9. The quantitative estimate of drug-likeness (QED) is 0.0196. The van der Waals surface area contributed by atoms with Crippen molar-refractivity contribution in [3.8, 4) is 0 Å². The Morgan fingerprint density at radius 3 is 1.41 bits per heavy atom. The zero-order chi connectivity index (χ0) is 50.4. The van der Waals surface area contributed by atoms with Crippen LogP contribution in [-0.4, -0.2) is 99.6 Å². The zero-order valence-corrected chi connectivity index (χ0v) is 44.7. The Bertz CT molecular complexity index is 1220. The summed E-state index contributed by atoms with van der Waals surface area (Å²) in [4.78, 5) is 26.4. The predicted octanol–water partition coefficient (Wildman–Crippen LogP) is 12.9. The number of hydrogen-bond acceptors (Lipinski definition) is 10. The molecule has 1 aliphatic heterocycles. The number of unbranched alkanes of at least 4 members (excludes halogenated alkanes) is 33. The maximum absolute atomic E-state index is 13.3. The Morgan fingerprint density at radius 1 is 0.551 bits per heavy atom. The van der Waals surface area contributed by atoms with E-state index in [-0.39, 0.29) is 13.0 Å². The molecular formula is C58H109NO10. The molecule has 406 valence electrons. The van der Waals surface area contributed by atoms with E-state index >= 15 is 0 Å². The second-order valence-corrected chi connectivity index (χ2v) is 20.4. The Hall–Kier alpha value is -1.86. The van der Waals surface area contributed by atoms with Crippen LogP contribution in [0.3, 0.4) is 0 Å². The number of rotatable bonds is 49. The molecule has 11 nitrogen and oxygen atoms in total. The molecule has 0 saturated carbocycles. The summed E-state index contributed by atoms with van der Waals surface area (Å²) < 4.78 is 17.6. The number of ether oxygens (including phenoxy) is 3. The van der Waals surface area contributed by atoms with Gasteiger partial charge in [0.1, 0.15) is 24.4 Å². The van der Waals surface area contributed by atoms with Crippen molar-refractivity contribution in [2.24, 2.45) is 0 Å². The van der Waals surface area contributed by atoms with Crippen LogP contribution in [-0.2, 0) is 23.8 Å². The summed E-state index contributed by atoms with van der Waals surface area (Å²) in [5.41, 5.74) is 0. The summed E-state index contributed by atoms with van der Waals surface area (Å²) in [6.07, 6.45) is 42.3. The van der Waals surface area contributed by atoms with Crippen molar-refractivity contribution in [3.05, 3.63) is 24.3 Å². The molecule has 69 heavy (non-hydrogen) atoms. The average Bonchev–Trinajstić information content (AvgIpc) is 3.34. The number of amides is 1. The van der Waals surface area contributed by atoms with Crippen LogP contribution in [0.1, 0.15) is 271 Å². The van der Waals surface area contributed by atoms with Gasteiger partial charge >= 0.3 is 5.97 Å². The summed E-state index contributed by atoms with van der Waals surface area (Å²) in [5.74, 6) is -1.19. The van der Waals surface area contributed by atoms with Crippen LogP contribution < -0.4 is 5.32 Å². The van der Waals surface area contributed by atoms with E-state index < -0.39 is 67.4 Å². The summed E-state index contributed by atoms with van der Waals surface area (Å²) in [6.45, 7) is 5.76.